The van der Waals surface area contributed by atoms with E-state index in [1.54, 1.807) is 0 Å². The van der Waals surface area contributed by atoms with E-state index in [0.29, 0.717) is 18.9 Å². The molecular formula is C18H16F11NO3. The van der Waals surface area contributed by atoms with Gasteiger partial charge >= 0.3 is 36.1 Å². The Kier molecular flexibility index (Phi) is 8.97. The van der Waals surface area contributed by atoms with Crippen LogP contribution in [0.25, 0.3) is 0 Å². The van der Waals surface area contributed by atoms with Crippen molar-refractivity contribution in [1.29, 1.82) is 0 Å². The normalized spacial score (nSPS) is 13.9. The number of hydrogen-bond acceptors (Lipinski definition) is 3. The van der Waals surface area contributed by atoms with Crippen LogP contribution in [0, 0.1) is 0 Å². The molecule has 0 unspecified atom stereocenters. The van der Waals surface area contributed by atoms with Crippen LogP contribution in [0.2, 0.25) is 0 Å². The molecule has 1 aromatic carbocycles. The van der Waals surface area contributed by atoms with Crippen molar-refractivity contribution in [2.45, 2.75) is 50.1 Å². The number of carbonyl (C=O) groups excluding carboxylic acids is 1. The molecule has 0 saturated heterocycles. The van der Waals surface area contributed by atoms with E-state index in [2.05, 4.69) is 4.74 Å². The third-order valence-electron chi connectivity index (χ3n) is 3.90. The van der Waals surface area contributed by atoms with Crippen molar-refractivity contribution in [2.75, 3.05) is 11.9 Å². The Hall–Kier alpha value is -2.74. The van der Waals surface area contributed by atoms with E-state index < -0.39 is 53.3 Å². The van der Waals surface area contributed by atoms with Crippen LogP contribution in [-0.2, 0) is 4.74 Å². The molecule has 1 N–H and O–H groups in total. The predicted octanol–water partition coefficient (Wildman–Crippen LogP) is 7.38. The van der Waals surface area contributed by atoms with Crippen molar-refractivity contribution in [1.82, 2.24) is 0 Å². The van der Waals surface area contributed by atoms with Gasteiger partial charge in [0, 0.05) is 0 Å². The van der Waals surface area contributed by atoms with Gasteiger partial charge in [0.05, 0.1) is 12.3 Å². The minimum atomic E-state index is -7.43. The Balaban J connectivity index is 3.15. The number of ether oxygens (including phenoxy) is 2. The standard InChI is InChI=1S/C18H16F11NO3/c1-2-3-6-9-32-14(31)30-10-7-4-5-8-11(10)33-13(20)12(19)15(21,22)16(23,24)17(25,26)18(27,28)29/h4-5,7-8H,2-3,6,9H2,1H3,(H,30,31). The second-order valence-corrected chi connectivity index (χ2v) is 6.37. The third kappa shape index (κ3) is 6.19. The van der Waals surface area contributed by atoms with Crippen LogP contribution < -0.4 is 10.1 Å². The number of alkyl halides is 9. The maximum absolute atomic E-state index is 13.8. The van der Waals surface area contributed by atoms with E-state index in [1.165, 1.54) is 6.07 Å². The minimum Gasteiger partial charge on any atom is -0.449 e. The Morgan fingerprint density at radius 2 is 1.48 bits per heavy atom. The zero-order valence-electron chi connectivity index (χ0n) is 16.5. The van der Waals surface area contributed by atoms with Crippen LogP contribution in [-0.4, -0.2) is 36.6 Å². The van der Waals surface area contributed by atoms with Gasteiger partial charge < -0.3 is 9.47 Å². The van der Waals surface area contributed by atoms with Crippen LogP contribution in [0.1, 0.15) is 26.2 Å². The maximum atomic E-state index is 13.8. The second-order valence-electron chi connectivity index (χ2n) is 6.37. The van der Waals surface area contributed by atoms with E-state index in [4.69, 9.17) is 4.74 Å². The number of anilines is 1. The molecule has 33 heavy (non-hydrogen) atoms. The fraction of sp³-hybridized carbons (Fsp3) is 0.500. The zero-order chi connectivity index (χ0) is 25.7. The molecule has 0 aliphatic rings. The first-order chi connectivity index (χ1) is 15.0. The van der Waals surface area contributed by atoms with E-state index in [9.17, 15) is 53.1 Å². The summed E-state index contributed by atoms with van der Waals surface area (Å²) < 4.78 is 152. The first-order valence-corrected chi connectivity index (χ1v) is 8.97. The Morgan fingerprint density at radius 1 is 0.909 bits per heavy atom. The van der Waals surface area contributed by atoms with Gasteiger partial charge in [0.25, 0.3) is 0 Å². The highest BCUT2D eigenvalue weighted by molar-refractivity contribution is 5.86. The number of rotatable bonds is 10. The van der Waals surface area contributed by atoms with Crippen LogP contribution in [0.4, 0.5) is 58.8 Å². The molecule has 0 radical (unpaired) electrons. The summed E-state index contributed by atoms with van der Waals surface area (Å²) in [5.41, 5.74) is -0.559. The summed E-state index contributed by atoms with van der Waals surface area (Å²) >= 11 is 0. The number of unbranched alkanes of at least 4 members (excludes halogenated alkanes) is 2. The quantitative estimate of drug-likeness (QED) is 0.206. The molecule has 1 rings (SSSR count). The van der Waals surface area contributed by atoms with E-state index in [0.717, 1.165) is 18.6 Å². The molecule has 1 amide bonds. The molecule has 188 valence electrons. The van der Waals surface area contributed by atoms with Gasteiger partial charge in [-0.1, -0.05) is 31.9 Å². The summed E-state index contributed by atoms with van der Waals surface area (Å²) in [6.07, 6.45) is -6.41. The molecule has 0 atom stereocenters. The number of halogens is 11. The summed E-state index contributed by atoms with van der Waals surface area (Å²) in [6.45, 7) is 1.80. The number of hydrogen-bond donors (Lipinski definition) is 1. The lowest BCUT2D eigenvalue weighted by Gasteiger charge is -2.32. The van der Waals surface area contributed by atoms with E-state index >= 15 is 0 Å². The smallest absolute Gasteiger partial charge is 0.449 e. The molecule has 0 aliphatic heterocycles. The summed E-state index contributed by atoms with van der Waals surface area (Å²) in [4.78, 5) is 11.7. The molecule has 4 nitrogen and oxygen atoms in total. The Morgan fingerprint density at radius 3 is 2.03 bits per heavy atom. The van der Waals surface area contributed by atoms with Crippen molar-refractivity contribution in [3.05, 3.63) is 36.1 Å². The predicted molar refractivity (Wildman–Crippen MR) is 91.7 cm³/mol. The van der Waals surface area contributed by atoms with Crippen molar-refractivity contribution >= 4 is 11.8 Å². The molecular weight excluding hydrogens is 487 g/mol. The number of carbonyl (C=O) groups is 1. The van der Waals surface area contributed by atoms with Crippen molar-refractivity contribution in [3.8, 4) is 5.75 Å². The first kappa shape index (κ1) is 28.3. The first-order valence-electron chi connectivity index (χ1n) is 8.97. The van der Waals surface area contributed by atoms with Gasteiger partial charge in [-0.15, -0.1) is 0 Å². The van der Waals surface area contributed by atoms with Gasteiger partial charge in [0.15, 0.2) is 5.75 Å². The summed E-state index contributed by atoms with van der Waals surface area (Å²) in [5, 5.41) is 1.94. The van der Waals surface area contributed by atoms with E-state index in [-0.39, 0.29) is 6.61 Å². The molecule has 0 fully saturated rings. The lowest BCUT2D eigenvalue weighted by Crippen LogP contribution is -2.61. The lowest BCUT2D eigenvalue weighted by molar-refractivity contribution is -0.392. The lowest BCUT2D eigenvalue weighted by atomic mass is 10.0. The molecule has 1 aromatic rings. The Bertz CT molecular complexity index is 853. The monoisotopic (exact) mass is 503 g/mol. The largest absolute Gasteiger partial charge is 0.460 e. The maximum Gasteiger partial charge on any atom is 0.460 e. The van der Waals surface area contributed by atoms with Gasteiger partial charge in [0.1, 0.15) is 0 Å². The Labute approximate surface area is 179 Å². The second kappa shape index (κ2) is 10.5. The van der Waals surface area contributed by atoms with Crippen molar-refractivity contribution in [3.63, 3.8) is 0 Å². The average Bonchev–Trinajstić information content (AvgIpc) is 2.70. The molecule has 0 aromatic heterocycles. The van der Waals surface area contributed by atoms with E-state index in [1.807, 2.05) is 12.2 Å². The minimum absolute atomic E-state index is 0.0552. The van der Waals surface area contributed by atoms with Crippen LogP contribution in [0.5, 0.6) is 5.75 Å². The third-order valence-corrected chi connectivity index (χ3v) is 3.90. The van der Waals surface area contributed by atoms with Gasteiger partial charge in [0.2, 0.25) is 5.83 Å². The molecule has 0 spiro atoms. The van der Waals surface area contributed by atoms with Crippen LogP contribution in [0.3, 0.4) is 0 Å². The fourth-order valence-corrected chi connectivity index (χ4v) is 2.10. The van der Waals surface area contributed by atoms with Gasteiger partial charge in [-0.2, -0.15) is 48.3 Å². The van der Waals surface area contributed by atoms with Crippen LogP contribution >= 0.6 is 0 Å². The number of allylic oxidation sites excluding steroid dienone is 1. The SMILES string of the molecule is CCCCCOC(=O)Nc1ccccc1OC(F)=C(F)C(F)(F)C(F)(F)C(F)(F)C(F)(F)F. The highest BCUT2D eigenvalue weighted by Crippen LogP contribution is 2.55. The van der Waals surface area contributed by atoms with Gasteiger partial charge in [-0.05, 0) is 18.6 Å². The fourth-order valence-electron chi connectivity index (χ4n) is 2.10. The molecule has 15 heteroatoms. The number of nitrogens with one attached hydrogen (secondary N) is 1. The number of amides is 1. The van der Waals surface area contributed by atoms with Gasteiger partial charge in [-0.3, -0.25) is 5.32 Å². The molecule has 0 heterocycles. The molecule has 0 bridgehead atoms. The molecule has 0 saturated carbocycles. The van der Waals surface area contributed by atoms with Crippen molar-refractivity contribution < 1.29 is 62.6 Å². The summed E-state index contributed by atoms with van der Waals surface area (Å²) in [6, 6.07) is 0.592. The highest BCUT2D eigenvalue weighted by atomic mass is 19.4. The zero-order valence-corrected chi connectivity index (χ0v) is 16.5. The van der Waals surface area contributed by atoms with Gasteiger partial charge in [-0.25, -0.2) is 4.79 Å². The average molecular weight is 503 g/mol. The highest BCUT2D eigenvalue weighted by Gasteiger charge is 2.83. The number of benzene rings is 1. The number of para-hydroxylation sites is 2. The summed E-state index contributed by atoms with van der Waals surface area (Å²) in [7, 11) is 0. The van der Waals surface area contributed by atoms with Crippen LogP contribution in [0.15, 0.2) is 36.1 Å². The van der Waals surface area contributed by atoms with Crippen molar-refractivity contribution in [2.24, 2.45) is 0 Å². The topological polar surface area (TPSA) is 47.6 Å². The summed E-state index contributed by atoms with van der Waals surface area (Å²) in [5.74, 6) is -26.9. The molecule has 0 aliphatic carbocycles.